The third kappa shape index (κ3) is 22.1. The molecule has 18 aromatic rings. The van der Waals surface area contributed by atoms with E-state index in [-0.39, 0.29) is 50.3 Å². The minimum atomic E-state index is -1.08. The molecule has 11 N–H and O–H groups in total. The Labute approximate surface area is 772 Å². The van der Waals surface area contributed by atoms with Gasteiger partial charge in [0.05, 0.1) is 90.9 Å². The Morgan fingerprint density at radius 2 is 0.748 bits per heavy atom. The lowest BCUT2D eigenvalue weighted by atomic mass is 10.2. The molecule has 18 rings (SSSR count). The van der Waals surface area contributed by atoms with Gasteiger partial charge in [-0.05, 0) is 168 Å². The first-order valence-electron chi connectivity index (χ1n) is 39.2. The first-order valence-corrected chi connectivity index (χ1v) is 46.6. The lowest BCUT2D eigenvalue weighted by Crippen LogP contribution is -2.17. The first kappa shape index (κ1) is 93.1. The fourth-order valence-corrected chi connectivity index (χ4v) is 20.1. The molecule has 15 aromatic heterocycles. The second-order valence-corrected chi connectivity index (χ2v) is 38.0. The van der Waals surface area contributed by atoms with Crippen LogP contribution in [0.1, 0.15) is 135 Å². The number of nitrogens with zero attached hydrogens (tertiary/aromatic N) is 19. The van der Waals surface area contributed by atoms with Crippen LogP contribution in [0.3, 0.4) is 0 Å². The van der Waals surface area contributed by atoms with Crippen LogP contribution in [-0.4, -0.2) is 180 Å². The number of carbonyl (C=O) groups is 4. The van der Waals surface area contributed by atoms with E-state index in [9.17, 15) is 43.2 Å². The number of esters is 1. The van der Waals surface area contributed by atoms with Crippen LogP contribution in [0, 0.1) is 83.1 Å². The number of ether oxygens (including phenoxy) is 1. The number of carboxylic acid groups (broad SMARTS) is 3. The van der Waals surface area contributed by atoms with E-state index in [0.29, 0.717) is 124 Å². The largest absolute Gasteiger partial charge is 0.478 e. The third-order valence-electron chi connectivity index (χ3n) is 19.4. The predicted octanol–water partition coefficient (Wildman–Crippen LogP) is 13.0. The molecule has 0 fully saturated rings. The summed E-state index contributed by atoms with van der Waals surface area (Å²) in [6, 6.07) is 26.7. The van der Waals surface area contributed by atoms with Crippen molar-refractivity contribution in [3.05, 3.63) is 284 Å². The summed E-state index contributed by atoms with van der Waals surface area (Å²) in [5, 5.41) is 61.8. The summed E-state index contributed by atoms with van der Waals surface area (Å²) in [5.41, 5.74) is 14.4. The van der Waals surface area contributed by atoms with E-state index in [2.05, 4.69) is 111 Å². The van der Waals surface area contributed by atoms with Crippen LogP contribution in [0.4, 0.5) is 0 Å². The summed E-state index contributed by atoms with van der Waals surface area (Å²) in [6.45, 7) is 22.3. The van der Waals surface area contributed by atoms with E-state index in [1.165, 1.54) is 126 Å². The second-order valence-electron chi connectivity index (χ2n) is 28.9. The van der Waals surface area contributed by atoms with Gasteiger partial charge in [-0.2, -0.15) is 14.0 Å². The summed E-state index contributed by atoms with van der Waals surface area (Å²) in [4.78, 5) is 161. The number of thiazole rings is 1. The van der Waals surface area contributed by atoms with Crippen LogP contribution >= 0.6 is 92.8 Å². The van der Waals surface area contributed by atoms with Crippen molar-refractivity contribution in [2.24, 2.45) is 0 Å². The Morgan fingerprint density at radius 1 is 0.366 bits per heavy atom. The number of hydrogen-bond donors (Lipinski definition) is 11. The van der Waals surface area contributed by atoms with Gasteiger partial charge in [0.15, 0.2) is 30.6 Å². The zero-order chi connectivity index (χ0) is 93.3. The van der Waals surface area contributed by atoms with Crippen LogP contribution in [-0.2, 0) is 33.5 Å². The number of fused-ring (bicyclic) bond motifs is 3. The Balaban J connectivity index is 0.000000132. The van der Waals surface area contributed by atoms with Crippen molar-refractivity contribution in [1.82, 2.24) is 134 Å². The maximum Gasteiger partial charge on any atom is 0.337 e. The number of aromatic carboxylic acids is 3. The summed E-state index contributed by atoms with van der Waals surface area (Å²) >= 11 is 12.2. The molecule has 0 aliphatic rings. The number of hydrogen-bond acceptors (Lipinski definition) is 32. The monoisotopic (exact) mass is 1920 g/mol. The highest BCUT2D eigenvalue weighted by molar-refractivity contribution is 8.01. The highest BCUT2D eigenvalue weighted by atomic mass is 32.2. The summed E-state index contributed by atoms with van der Waals surface area (Å²) in [5.74, 6) is 0.913. The lowest BCUT2D eigenvalue weighted by Gasteiger charge is -2.03. The number of carboxylic acids is 3. The quantitative estimate of drug-likeness (QED) is 0.0152. The lowest BCUT2D eigenvalue weighted by molar-refractivity contribution is 0.0598. The molecule has 0 amide bonds. The minimum Gasteiger partial charge on any atom is -0.478 e. The van der Waals surface area contributed by atoms with Crippen molar-refractivity contribution in [1.29, 1.82) is 0 Å². The maximum atomic E-state index is 12.7. The molecule has 0 saturated heterocycles. The summed E-state index contributed by atoms with van der Waals surface area (Å²) < 4.78 is 14.2. The number of H-pyrrole nitrogens is 8. The van der Waals surface area contributed by atoms with E-state index in [4.69, 9.17) is 20.1 Å². The summed E-state index contributed by atoms with van der Waals surface area (Å²) in [6.07, 6.45) is 4.42. The van der Waals surface area contributed by atoms with Crippen molar-refractivity contribution in [3.8, 4) is 29.5 Å². The van der Waals surface area contributed by atoms with E-state index in [1.54, 1.807) is 98.2 Å². The number of aryl methyl sites for hydroxylation is 7. The van der Waals surface area contributed by atoms with Gasteiger partial charge in [-0.1, -0.05) is 93.6 Å². The number of para-hydroxylation sites is 2. The molecule has 0 radical (unpaired) electrons. The molecule has 0 spiro atoms. The van der Waals surface area contributed by atoms with E-state index in [1.807, 2.05) is 98.0 Å². The molecule has 40 nitrogen and oxygen atoms in total. The standard InChI is InChI=1S/C18H17N5O3S2.2C17H17N5O3S.C16H14N6O3S2.C15H14N6OS2/c1-9-7-19-18(28-9)27-8-14-10(2)15(24)23(22-14)17-20-12-5-4-11(16(25)26-3)6-13(12)21-17;1-9-6-10(2)20-17(19-9)26-8-13-11(3)15(23)22(21-13)14-7-12(16(24)25)4-5-18-14;1-9-6-10(2)20-17(19-9)26-8-13-11(3)15(23)22(21-13)14-5-4-12(7-18-14)16(24)25;1-7-12(6-26-16-20-19-8(2)27-16)21-22(13(7)23)15-17-10-4-3-9(14(24)25)5-11(10)18-15;1-8-12(7-23-15-19-18-9(2)24-15)20-21(13(8)22)14-16-10-5-3-4-6-11(10)17-14/h4-7,22H,8H2,1-3H3,(H,20,21);2*4-7,21H,8H2,1-3H3,(H,24,25);3-5,21H,6H2,1-2H3,(H,17,18)(H,24,25);3-6,20H,7H2,1-2H3,(H,16,17). The van der Waals surface area contributed by atoms with E-state index in [0.717, 1.165) is 84.5 Å². The number of nitrogens with one attached hydrogen (secondary N) is 8. The van der Waals surface area contributed by atoms with Crippen molar-refractivity contribution in [3.63, 3.8) is 0 Å². The number of aromatic amines is 8. The highest BCUT2D eigenvalue weighted by Gasteiger charge is 2.23. The first-order chi connectivity index (χ1) is 62.7. The number of carbonyl (C=O) groups excluding carboxylic acids is 1. The van der Waals surface area contributed by atoms with Gasteiger partial charge in [0.25, 0.3) is 27.8 Å². The molecule has 15 heterocycles. The molecular formula is C83H79N27O13S8. The van der Waals surface area contributed by atoms with Crippen LogP contribution < -0.4 is 27.8 Å². The SMILES string of the molecule is COC(=O)c1ccc2nc(-n3[nH]c(CSc4ncc(C)s4)c(C)c3=O)[nH]c2c1.Cc1cc(C)nc(SCc2[nH]n(-c3cc(C(=O)O)ccn3)c(=O)c2C)n1.Cc1cc(C)nc(SCc2[nH]n(-c3ccc(C(=O)O)cn3)c(=O)c2C)n1.Cc1nnc(SCc2[nH]n(-c3nc4ccc(C(=O)O)cc4[nH]3)c(=O)c2C)s1.Cc1nnc(SCc2[nH]n(-c3nc4ccccc4[nH]3)c(=O)c2C)s1. The number of aromatic nitrogens is 27. The number of imidazole rings is 3. The highest BCUT2D eigenvalue weighted by Crippen LogP contribution is 2.31. The molecular weight excluding hydrogens is 1840 g/mol. The van der Waals surface area contributed by atoms with Crippen LogP contribution in [0.5, 0.6) is 0 Å². The molecule has 672 valence electrons. The fraction of sp³-hybridized carbons (Fsp3) is 0.217. The Morgan fingerprint density at radius 3 is 1.15 bits per heavy atom. The summed E-state index contributed by atoms with van der Waals surface area (Å²) in [7, 11) is 1.33. The molecule has 3 aromatic carbocycles. The Bertz CT molecular complexity index is 7580. The second kappa shape index (κ2) is 40.7. The average Bonchev–Trinajstić information content (AvgIpc) is 1.65. The number of benzene rings is 3. The predicted molar refractivity (Wildman–Crippen MR) is 499 cm³/mol. The number of thioether (sulfide) groups is 5. The fourth-order valence-electron chi connectivity index (χ4n) is 12.5. The van der Waals surface area contributed by atoms with Crippen molar-refractivity contribution >= 4 is 150 Å². The van der Waals surface area contributed by atoms with Crippen molar-refractivity contribution < 1.29 is 39.2 Å². The van der Waals surface area contributed by atoms with Gasteiger partial charge < -0.3 is 35.0 Å². The maximum absolute atomic E-state index is 12.7. The average molecular weight is 1920 g/mol. The molecule has 48 heteroatoms. The zero-order valence-corrected chi connectivity index (χ0v) is 78.2. The normalized spacial score (nSPS) is 11.2. The molecule has 0 atom stereocenters. The third-order valence-corrected chi connectivity index (χ3v) is 27.3. The van der Waals surface area contributed by atoms with Crippen LogP contribution in [0.2, 0.25) is 0 Å². The number of rotatable bonds is 24. The van der Waals surface area contributed by atoms with E-state index < -0.39 is 23.9 Å². The van der Waals surface area contributed by atoms with E-state index >= 15 is 0 Å². The molecule has 0 saturated carbocycles. The van der Waals surface area contributed by atoms with Gasteiger partial charge in [0.1, 0.15) is 14.4 Å². The molecule has 0 aliphatic carbocycles. The van der Waals surface area contributed by atoms with Gasteiger partial charge in [0.2, 0.25) is 17.8 Å². The van der Waals surface area contributed by atoms with Crippen LogP contribution in [0.25, 0.3) is 62.6 Å². The minimum absolute atomic E-state index is 0.0628. The molecule has 0 aliphatic heterocycles. The van der Waals surface area contributed by atoms with Gasteiger partial charge in [-0.15, -0.1) is 31.7 Å². The van der Waals surface area contributed by atoms with Crippen LogP contribution in [0.15, 0.2) is 163 Å². The van der Waals surface area contributed by atoms with Gasteiger partial charge in [-0.3, -0.25) is 49.5 Å². The molecule has 0 unspecified atom stereocenters. The Kier molecular flexibility index (Phi) is 29.0. The number of methoxy groups -OCH3 is 1. The van der Waals surface area contributed by atoms with Crippen molar-refractivity contribution in [2.75, 3.05) is 7.11 Å². The van der Waals surface area contributed by atoms with Crippen molar-refractivity contribution in [2.45, 2.75) is 135 Å². The zero-order valence-electron chi connectivity index (χ0n) is 71.7. The van der Waals surface area contributed by atoms with Gasteiger partial charge in [0, 0.05) is 103 Å². The smallest absolute Gasteiger partial charge is 0.337 e. The topological polar surface area (TPSA) is 555 Å². The molecule has 0 bridgehead atoms. The number of pyridine rings is 2. The van der Waals surface area contributed by atoms with Gasteiger partial charge in [-0.25, -0.2) is 78.4 Å². The van der Waals surface area contributed by atoms with Gasteiger partial charge >= 0.3 is 23.9 Å². The Hall–Kier alpha value is -14.0. The molecule has 131 heavy (non-hydrogen) atoms.